The van der Waals surface area contributed by atoms with Crippen LogP contribution in [0.5, 0.6) is 0 Å². The molecule has 1 fully saturated rings. The van der Waals surface area contributed by atoms with Crippen molar-refractivity contribution >= 4 is 22.2 Å². The Morgan fingerprint density at radius 2 is 2.00 bits per heavy atom. The zero-order chi connectivity index (χ0) is 14.3. The maximum Gasteiger partial charge on any atom is 0.254 e. The molecule has 0 aromatic carbocycles. The fourth-order valence-corrected chi connectivity index (χ4v) is 5.18. The van der Waals surface area contributed by atoms with Crippen LogP contribution in [0.25, 0.3) is 0 Å². The Morgan fingerprint density at radius 1 is 1.30 bits per heavy atom. The molecule has 1 amide bonds. The van der Waals surface area contributed by atoms with E-state index < -0.39 is 0 Å². The fourth-order valence-electron chi connectivity index (χ4n) is 3.89. The number of nitrogens with one attached hydrogen (secondary N) is 1. The number of amides is 1. The Kier molecular flexibility index (Phi) is 3.53. The SMILES string of the molecule is CC(C)NC(=O)c1c(N)sc2c1CCC1(CCCC1)C2. The molecule has 3 nitrogen and oxygen atoms in total. The lowest BCUT2D eigenvalue weighted by Crippen LogP contribution is -2.32. The summed E-state index contributed by atoms with van der Waals surface area (Å²) >= 11 is 1.65. The summed E-state index contributed by atoms with van der Waals surface area (Å²) in [5.74, 6) is 0.0115. The molecule has 3 rings (SSSR count). The molecule has 0 aliphatic heterocycles. The molecule has 1 aromatic rings. The number of rotatable bonds is 2. The van der Waals surface area contributed by atoms with Crippen LogP contribution in [0.4, 0.5) is 5.00 Å². The highest BCUT2D eigenvalue weighted by molar-refractivity contribution is 7.16. The molecule has 1 aromatic heterocycles. The number of nitrogen functional groups attached to an aromatic ring is 1. The van der Waals surface area contributed by atoms with Crippen molar-refractivity contribution in [2.45, 2.75) is 64.8 Å². The van der Waals surface area contributed by atoms with Gasteiger partial charge in [0.1, 0.15) is 0 Å². The van der Waals surface area contributed by atoms with E-state index in [0.29, 0.717) is 10.4 Å². The Balaban J connectivity index is 1.89. The second kappa shape index (κ2) is 5.06. The van der Waals surface area contributed by atoms with Gasteiger partial charge in [-0.3, -0.25) is 4.79 Å². The minimum Gasteiger partial charge on any atom is -0.390 e. The summed E-state index contributed by atoms with van der Waals surface area (Å²) in [6.07, 6.45) is 8.87. The summed E-state index contributed by atoms with van der Waals surface area (Å²) < 4.78 is 0. The predicted octanol–water partition coefficient (Wildman–Crippen LogP) is 3.52. The highest BCUT2D eigenvalue weighted by atomic mass is 32.1. The minimum absolute atomic E-state index is 0.0115. The van der Waals surface area contributed by atoms with Crippen LogP contribution < -0.4 is 11.1 Å². The molecular formula is C16H24N2OS. The molecule has 0 unspecified atom stereocenters. The first-order chi connectivity index (χ1) is 9.51. The molecule has 3 N–H and O–H groups in total. The van der Waals surface area contributed by atoms with E-state index >= 15 is 0 Å². The standard InChI is InChI=1S/C16H24N2OS/c1-10(2)18-15(19)13-11-5-8-16(6-3-4-7-16)9-12(11)20-14(13)17/h10H,3-9,17H2,1-2H3,(H,18,19). The van der Waals surface area contributed by atoms with Crippen molar-refractivity contribution in [3.05, 3.63) is 16.0 Å². The lowest BCUT2D eigenvalue weighted by Gasteiger charge is -2.33. The Bertz CT molecular complexity index is 527. The number of carbonyl (C=O) groups excluding carboxylic acids is 1. The van der Waals surface area contributed by atoms with Crippen LogP contribution in [0.3, 0.4) is 0 Å². The summed E-state index contributed by atoms with van der Waals surface area (Å²) in [7, 11) is 0. The molecule has 0 atom stereocenters. The van der Waals surface area contributed by atoms with Crippen molar-refractivity contribution in [3.63, 3.8) is 0 Å². The average Bonchev–Trinajstić information content (AvgIpc) is 2.92. The van der Waals surface area contributed by atoms with Gasteiger partial charge in [-0.25, -0.2) is 0 Å². The van der Waals surface area contributed by atoms with E-state index in [9.17, 15) is 4.79 Å². The van der Waals surface area contributed by atoms with Gasteiger partial charge in [0.15, 0.2) is 0 Å². The zero-order valence-electron chi connectivity index (χ0n) is 12.4. The number of carbonyl (C=O) groups is 1. The van der Waals surface area contributed by atoms with Crippen LogP contribution in [0.2, 0.25) is 0 Å². The van der Waals surface area contributed by atoms with Crippen LogP contribution >= 0.6 is 11.3 Å². The molecule has 0 saturated heterocycles. The Hall–Kier alpha value is -1.03. The smallest absolute Gasteiger partial charge is 0.254 e. The number of nitrogens with two attached hydrogens (primary N) is 1. The van der Waals surface area contributed by atoms with E-state index in [1.54, 1.807) is 11.3 Å². The van der Waals surface area contributed by atoms with E-state index in [4.69, 9.17) is 5.73 Å². The first kappa shape index (κ1) is 13.9. The van der Waals surface area contributed by atoms with Crippen molar-refractivity contribution in [2.75, 3.05) is 5.73 Å². The molecule has 0 bridgehead atoms. The largest absolute Gasteiger partial charge is 0.390 e. The van der Waals surface area contributed by atoms with Crippen LogP contribution in [0, 0.1) is 5.41 Å². The molecule has 1 saturated carbocycles. The second-order valence-electron chi connectivity index (χ2n) is 6.76. The third-order valence-corrected chi connectivity index (χ3v) is 5.93. The van der Waals surface area contributed by atoms with E-state index in [1.807, 2.05) is 13.8 Å². The highest BCUT2D eigenvalue weighted by Crippen LogP contribution is 2.50. The first-order valence-electron chi connectivity index (χ1n) is 7.72. The topological polar surface area (TPSA) is 55.1 Å². The zero-order valence-corrected chi connectivity index (χ0v) is 13.2. The molecule has 1 spiro atoms. The van der Waals surface area contributed by atoms with Crippen molar-refractivity contribution in [1.82, 2.24) is 5.32 Å². The van der Waals surface area contributed by atoms with Crippen LogP contribution in [0.15, 0.2) is 0 Å². The first-order valence-corrected chi connectivity index (χ1v) is 8.53. The van der Waals surface area contributed by atoms with Gasteiger partial charge in [-0.15, -0.1) is 11.3 Å². The number of thiophene rings is 1. The average molecular weight is 292 g/mol. The summed E-state index contributed by atoms with van der Waals surface area (Å²) in [4.78, 5) is 13.7. The maximum atomic E-state index is 12.3. The van der Waals surface area contributed by atoms with Crippen molar-refractivity contribution in [1.29, 1.82) is 0 Å². The number of fused-ring (bicyclic) bond motifs is 1. The van der Waals surface area contributed by atoms with Gasteiger partial charge in [0.05, 0.1) is 10.6 Å². The second-order valence-corrected chi connectivity index (χ2v) is 7.89. The lowest BCUT2D eigenvalue weighted by molar-refractivity contribution is 0.0942. The van der Waals surface area contributed by atoms with Gasteiger partial charge in [-0.1, -0.05) is 12.8 Å². The minimum atomic E-state index is 0.0115. The van der Waals surface area contributed by atoms with Gasteiger partial charge in [-0.05, 0) is 56.9 Å². The number of hydrogen-bond acceptors (Lipinski definition) is 3. The Labute approximate surface area is 124 Å². The monoisotopic (exact) mass is 292 g/mol. The molecule has 110 valence electrons. The van der Waals surface area contributed by atoms with Crippen LogP contribution in [0.1, 0.15) is 66.8 Å². The van der Waals surface area contributed by atoms with E-state index in [1.165, 1.54) is 42.5 Å². The van der Waals surface area contributed by atoms with Gasteiger partial charge in [0, 0.05) is 10.9 Å². The third-order valence-electron chi connectivity index (χ3n) is 4.87. The number of anilines is 1. The number of hydrogen-bond donors (Lipinski definition) is 2. The van der Waals surface area contributed by atoms with E-state index in [0.717, 1.165) is 18.4 Å². The third kappa shape index (κ3) is 2.34. The van der Waals surface area contributed by atoms with Gasteiger partial charge in [0.25, 0.3) is 5.91 Å². The summed E-state index contributed by atoms with van der Waals surface area (Å²) in [6.45, 7) is 3.97. The molecular weight excluding hydrogens is 268 g/mol. The highest BCUT2D eigenvalue weighted by Gasteiger charge is 2.39. The summed E-state index contributed by atoms with van der Waals surface area (Å²) in [5.41, 5.74) is 8.68. The van der Waals surface area contributed by atoms with E-state index in [2.05, 4.69) is 5.32 Å². The fraction of sp³-hybridized carbons (Fsp3) is 0.688. The maximum absolute atomic E-state index is 12.3. The van der Waals surface area contributed by atoms with Gasteiger partial charge in [-0.2, -0.15) is 0 Å². The van der Waals surface area contributed by atoms with Crippen LogP contribution in [-0.2, 0) is 12.8 Å². The van der Waals surface area contributed by atoms with Crippen molar-refractivity contribution in [3.8, 4) is 0 Å². The van der Waals surface area contributed by atoms with Crippen LogP contribution in [-0.4, -0.2) is 11.9 Å². The van der Waals surface area contributed by atoms with Gasteiger partial charge >= 0.3 is 0 Å². The van der Waals surface area contributed by atoms with Gasteiger partial charge in [0.2, 0.25) is 0 Å². The Morgan fingerprint density at radius 3 is 2.65 bits per heavy atom. The summed E-state index contributed by atoms with van der Waals surface area (Å²) in [5, 5.41) is 3.70. The molecule has 2 aliphatic carbocycles. The molecule has 4 heteroatoms. The molecule has 0 radical (unpaired) electrons. The van der Waals surface area contributed by atoms with E-state index in [-0.39, 0.29) is 11.9 Å². The van der Waals surface area contributed by atoms with Crippen molar-refractivity contribution < 1.29 is 4.79 Å². The van der Waals surface area contributed by atoms with Gasteiger partial charge < -0.3 is 11.1 Å². The lowest BCUT2D eigenvalue weighted by atomic mass is 9.72. The quantitative estimate of drug-likeness (QED) is 0.876. The van der Waals surface area contributed by atoms with Crippen molar-refractivity contribution in [2.24, 2.45) is 5.41 Å². The predicted molar refractivity (Wildman–Crippen MR) is 84.3 cm³/mol. The normalized spacial score (nSPS) is 20.4. The summed E-state index contributed by atoms with van der Waals surface area (Å²) in [6, 6.07) is 0.155. The molecule has 1 heterocycles. The molecule has 20 heavy (non-hydrogen) atoms. The molecule has 2 aliphatic rings.